The van der Waals surface area contributed by atoms with Gasteiger partial charge in [0.15, 0.2) is 5.78 Å². The molecular formula is C19H24N2O5. The number of nitrogens with zero attached hydrogens (tertiary/aromatic N) is 1. The van der Waals surface area contributed by atoms with E-state index in [0.717, 1.165) is 24.0 Å². The number of aliphatic carboxylic acids is 1. The molecule has 1 aliphatic rings. The van der Waals surface area contributed by atoms with E-state index in [0.29, 0.717) is 6.54 Å². The molecule has 1 aromatic carbocycles. The van der Waals surface area contributed by atoms with Crippen LogP contribution >= 0.6 is 0 Å². The third kappa shape index (κ3) is 5.68. The Morgan fingerprint density at radius 1 is 1.12 bits per heavy atom. The van der Waals surface area contributed by atoms with Crippen LogP contribution in [0.4, 0.5) is 0 Å². The number of amides is 2. The van der Waals surface area contributed by atoms with E-state index in [1.54, 1.807) is 29.2 Å². The summed E-state index contributed by atoms with van der Waals surface area (Å²) in [5, 5.41) is 11.1. The van der Waals surface area contributed by atoms with Gasteiger partial charge in [0.05, 0.1) is 25.3 Å². The predicted octanol–water partition coefficient (Wildman–Crippen LogP) is 0.942. The van der Waals surface area contributed by atoms with E-state index >= 15 is 0 Å². The number of ketones is 1. The van der Waals surface area contributed by atoms with E-state index in [1.807, 2.05) is 0 Å². The first-order valence-corrected chi connectivity index (χ1v) is 8.73. The number of hydrogen-bond acceptors (Lipinski definition) is 4. The topological polar surface area (TPSA) is 104 Å². The van der Waals surface area contributed by atoms with Crippen LogP contribution in [-0.4, -0.2) is 52.7 Å². The van der Waals surface area contributed by atoms with Crippen molar-refractivity contribution in [2.24, 2.45) is 0 Å². The van der Waals surface area contributed by atoms with Gasteiger partial charge in [-0.25, -0.2) is 0 Å². The molecule has 140 valence electrons. The lowest BCUT2D eigenvalue weighted by molar-refractivity contribution is -0.137. The van der Waals surface area contributed by atoms with Crippen molar-refractivity contribution in [3.05, 3.63) is 35.4 Å². The van der Waals surface area contributed by atoms with Gasteiger partial charge >= 0.3 is 5.97 Å². The molecule has 26 heavy (non-hydrogen) atoms. The van der Waals surface area contributed by atoms with Gasteiger partial charge in [0.1, 0.15) is 0 Å². The van der Waals surface area contributed by atoms with Gasteiger partial charge in [0.2, 0.25) is 11.8 Å². The van der Waals surface area contributed by atoms with Crippen molar-refractivity contribution in [3.8, 4) is 0 Å². The highest BCUT2D eigenvalue weighted by Gasteiger charge is 2.31. The molecule has 0 radical (unpaired) electrons. The van der Waals surface area contributed by atoms with Crippen LogP contribution in [0.2, 0.25) is 0 Å². The van der Waals surface area contributed by atoms with Gasteiger partial charge in [-0.05, 0) is 30.9 Å². The molecule has 1 saturated heterocycles. The number of carboxylic acid groups (broad SMARTS) is 1. The number of hydrogen-bond donors (Lipinski definition) is 2. The highest BCUT2D eigenvalue weighted by Crippen LogP contribution is 2.19. The summed E-state index contributed by atoms with van der Waals surface area (Å²) >= 11 is 0. The van der Waals surface area contributed by atoms with Crippen LogP contribution < -0.4 is 5.32 Å². The van der Waals surface area contributed by atoms with Crippen molar-refractivity contribution >= 4 is 23.6 Å². The van der Waals surface area contributed by atoms with Crippen molar-refractivity contribution in [3.63, 3.8) is 0 Å². The van der Waals surface area contributed by atoms with E-state index in [1.165, 1.54) is 6.92 Å². The lowest BCUT2D eigenvalue weighted by Gasteiger charge is -2.22. The van der Waals surface area contributed by atoms with Gasteiger partial charge in [-0.15, -0.1) is 0 Å². The smallest absolute Gasteiger partial charge is 0.305 e. The molecule has 2 amide bonds. The third-order valence-electron chi connectivity index (χ3n) is 4.45. The number of Topliss-reactive ketones (excluding diaryl/α,β-unsaturated/α-hetero) is 1. The predicted molar refractivity (Wildman–Crippen MR) is 94.5 cm³/mol. The molecule has 1 atom stereocenters. The molecular weight excluding hydrogens is 336 g/mol. The second-order valence-electron chi connectivity index (χ2n) is 6.52. The van der Waals surface area contributed by atoms with Gasteiger partial charge in [0, 0.05) is 13.1 Å². The van der Waals surface area contributed by atoms with E-state index < -0.39 is 5.97 Å². The summed E-state index contributed by atoms with van der Waals surface area (Å²) in [7, 11) is 0. The first kappa shape index (κ1) is 19.6. The molecule has 0 spiro atoms. The first-order valence-electron chi connectivity index (χ1n) is 8.73. The number of nitrogens with one attached hydrogen (secondary N) is 1. The lowest BCUT2D eigenvalue weighted by atomic mass is 10.1. The number of carbonyl (C=O) groups excluding carboxylic acids is 3. The Morgan fingerprint density at radius 2 is 1.73 bits per heavy atom. The van der Waals surface area contributed by atoms with E-state index in [9.17, 15) is 19.2 Å². The summed E-state index contributed by atoms with van der Waals surface area (Å²) in [6.07, 6.45) is 1.87. The van der Waals surface area contributed by atoms with Gasteiger partial charge in [-0.1, -0.05) is 24.3 Å². The van der Waals surface area contributed by atoms with Crippen LogP contribution in [0.5, 0.6) is 0 Å². The van der Waals surface area contributed by atoms with Crippen LogP contribution in [0, 0.1) is 0 Å². The fourth-order valence-corrected chi connectivity index (χ4v) is 3.10. The molecule has 1 unspecified atom stereocenters. The minimum Gasteiger partial charge on any atom is -0.481 e. The van der Waals surface area contributed by atoms with E-state index in [4.69, 9.17) is 5.11 Å². The first-order chi connectivity index (χ1) is 12.4. The fourth-order valence-electron chi connectivity index (χ4n) is 3.10. The average molecular weight is 360 g/mol. The van der Waals surface area contributed by atoms with Gasteiger partial charge in [-0.2, -0.15) is 0 Å². The molecule has 0 bridgehead atoms. The molecule has 0 saturated carbocycles. The Bertz CT molecular complexity index is 684. The minimum absolute atomic E-state index is 0.0279. The van der Waals surface area contributed by atoms with Crippen LogP contribution in [0.25, 0.3) is 0 Å². The Hall–Kier alpha value is -2.70. The summed E-state index contributed by atoms with van der Waals surface area (Å²) in [5.74, 6) is -1.22. The van der Waals surface area contributed by atoms with Crippen molar-refractivity contribution in [1.29, 1.82) is 0 Å². The number of rotatable bonds is 8. The number of carboxylic acids is 1. The Balaban J connectivity index is 1.85. The minimum atomic E-state index is -0.954. The second kappa shape index (κ2) is 9.12. The van der Waals surface area contributed by atoms with Crippen molar-refractivity contribution < 1.29 is 24.3 Å². The molecule has 1 aliphatic heterocycles. The summed E-state index contributed by atoms with van der Waals surface area (Å²) in [4.78, 5) is 47.8. The maximum Gasteiger partial charge on any atom is 0.305 e. The Labute approximate surface area is 152 Å². The zero-order chi connectivity index (χ0) is 19.1. The molecule has 1 fully saturated rings. The third-order valence-corrected chi connectivity index (χ3v) is 4.45. The van der Waals surface area contributed by atoms with Crippen LogP contribution in [-0.2, 0) is 32.0 Å². The molecule has 7 heteroatoms. The van der Waals surface area contributed by atoms with Crippen LogP contribution in [0.3, 0.4) is 0 Å². The standard InChI is InChI=1S/C19H24N2O5/c1-13(22)16-3-2-10-21(16)18(24)12-15-6-4-14(5-7-15)11-17(23)20-9-8-19(25)26/h4-7,16H,2-3,8-12H2,1H3,(H,20,23)(H,25,26). The summed E-state index contributed by atoms with van der Waals surface area (Å²) in [6.45, 7) is 2.25. The summed E-state index contributed by atoms with van der Waals surface area (Å²) in [5.41, 5.74) is 1.62. The second-order valence-corrected chi connectivity index (χ2v) is 6.52. The zero-order valence-electron chi connectivity index (χ0n) is 14.9. The number of likely N-dealkylation sites (tertiary alicyclic amines) is 1. The molecule has 7 nitrogen and oxygen atoms in total. The summed E-state index contributed by atoms with van der Waals surface area (Å²) < 4.78 is 0. The van der Waals surface area contributed by atoms with Crippen molar-refractivity contribution in [1.82, 2.24) is 10.2 Å². The maximum absolute atomic E-state index is 12.4. The number of benzene rings is 1. The molecule has 1 aromatic rings. The van der Waals surface area contributed by atoms with Gasteiger partial charge < -0.3 is 15.3 Å². The normalized spacial score (nSPS) is 16.3. The van der Waals surface area contributed by atoms with E-state index in [-0.39, 0.29) is 49.4 Å². The molecule has 0 aliphatic carbocycles. The van der Waals surface area contributed by atoms with Crippen LogP contribution in [0.1, 0.15) is 37.3 Å². The molecule has 0 aromatic heterocycles. The monoisotopic (exact) mass is 360 g/mol. The SMILES string of the molecule is CC(=O)C1CCCN1C(=O)Cc1ccc(CC(=O)NCCC(=O)O)cc1. The molecule has 2 N–H and O–H groups in total. The largest absolute Gasteiger partial charge is 0.481 e. The number of carbonyl (C=O) groups is 4. The van der Waals surface area contributed by atoms with Crippen molar-refractivity contribution in [2.45, 2.75) is 45.1 Å². The summed E-state index contributed by atoms with van der Waals surface area (Å²) in [6, 6.07) is 6.88. The van der Waals surface area contributed by atoms with E-state index in [2.05, 4.69) is 5.32 Å². The average Bonchev–Trinajstić information content (AvgIpc) is 3.06. The fraction of sp³-hybridized carbons (Fsp3) is 0.474. The van der Waals surface area contributed by atoms with Crippen molar-refractivity contribution in [2.75, 3.05) is 13.1 Å². The highest BCUT2D eigenvalue weighted by molar-refractivity contribution is 5.89. The maximum atomic E-state index is 12.4. The molecule has 2 rings (SSSR count). The van der Waals surface area contributed by atoms with Gasteiger partial charge in [-0.3, -0.25) is 19.2 Å². The molecule has 1 heterocycles. The van der Waals surface area contributed by atoms with Crippen LogP contribution in [0.15, 0.2) is 24.3 Å². The lowest BCUT2D eigenvalue weighted by Crippen LogP contribution is -2.40. The Morgan fingerprint density at radius 3 is 2.31 bits per heavy atom. The quantitative estimate of drug-likeness (QED) is 0.718. The Kier molecular flexibility index (Phi) is 6.89. The zero-order valence-corrected chi connectivity index (χ0v) is 14.9. The highest BCUT2D eigenvalue weighted by atomic mass is 16.4. The van der Waals surface area contributed by atoms with Gasteiger partial charge in [0.25, 0.3) is 0 Å².